The predicted octanol–water partition coefficient (Wildman–Crippen LogP) is 1.25. The second kappa shape index (κ2) is 8.02. The van der Waals surface area contributed by atoms with Crippen molar-refractivity contribution in [3.63, 3.8) is 0 Å². The van der Waals surface area contributed by atoms with Crippen LogP contribution in [0.15, 0.2) is 36.7 Å². The van der Waals surface area contributed by atoms with Crippen molar-refractivity contribution in [1.82, 2.24) is 20.0 Å². The third kappa shape index (κ3) is 4.51. The highest BCUT2D eigenvalue weighted by Gasteiger charge is 2.29. The monoisotopic (exact) mass is 344 g/mol. The number of amides is 1. The number of para-hydroxylation sites is 2. The molecule has 2 heterocycles. The number of aromatic nitrogens is 2. The summed E-state index contributed by atoms with van der Waals surface area (Å²) in [6.07, 6.45) is 3.90. The third-order valence-corrected chi connectivity index (χ3v) is 4.16. The van der Waals surface area contributed by atoms with E-state index in [2.05, 4.69) is 15.3 Å². The predicted molar refractivity (Wildman–Crippen MR) is 93.9 cm³/mol. The molecule has 1 aliphatic rings. The molecule has 7 nitrogen and oxygen atoms in total. The Bertz CT molecular complexity index is 710. The highest BCUT2D eigenvalue weighted by Crippen LogP contribution is 2.25. The van der Waals surface area contributed by atoms with Crippen LogP contribution in [0.4, 0.5) is 0 Å². The van der Waals surface area contributed by atoms with Gasteiger partial charge in [0.25, 0.3) is 0 Å². The summed E-state index contributed by atoms with van der Waals surface area (Å²) in [6, 6.07) is 7.83. The number of carbonyl (C=O) groups excluding carboxylic acids is 1. The number of aryl methyl sites for hydroxylation is 1. The van der Waals surface area contributed by atoms with Crippen LogP contribution in [-0.4, -0.2) is 60.5 Å². The number of benzene rings is 1. The van der Waals surface area contributed by atoms with Gasteiger partial charge in [-0.25, -0.2) is 0 Å². The average molecular weight is 344 g/mol. The first-order valence-corrected chi connectivity index (χ1v) is 8.41. The summed E-state index contributed by atoms with van der Waals surface area (Å²) in [5, 5.41) is 7.20. The van der Waals surface area contributed by atoms with Crippen LogP contribution in [0.3, 0.4) is 0 Å². The zero-order chi connectivity index (χ0) is 17.6. The number of rotatable bonds is 8. The summed E-state index contributed by atoms with van der Waals surface area (Å²) < 4.78 is 12.8. The molecule has 0 atom stereocenters. The van der Waals surface area contributed by atoms with Gasteiger partial charge in [0.1, 0.15) is 6.61 Å². The fraction of sp³-hybridized carbons (Fsp3) is 0.444. The molecule has 0 spiro atoms. The maximum atomic E-state index is 12.0. The topological polar surface area (TPSA) is 68.6 Å². The number of hydrogen-bond donors (Lipinski definition) is 1. The van der Waals surface area contributed by atoms with E-state index in [4.69, 9.17) is 9.47 Å². The van der Waals surface area contributed by atoms with Crippen molar-refractivity contribution in [3.8, 4) is 11.5 Å². The quantitative estimate of drug-likeness (QED) is 0.730. The largest absolute Gasteiger partial charge is 0.493 e. The number of likely N-dealkylation sites (tertiary alicyclic amines) is 1. The minimum atomic E-state index is 0.0127. The van der Waals surface area contributed by atoms with Crippen LogP contribution in [0.5, 0.6) is 11.5 Å². The van der Waals surface area contributed by atoms with Gasteiger partial charge in [-0.2, -0.15) is 5.10 Å². The van der Waals surface area contributed by atoms with Crippen LogP contribution >= 0.6 is 0 Å². The average Bonchev–Trinajstić information content (AvgIpc) is 3.00. The highest BCUT2D eigenvalue weighted by atomic mass is 16.5. The van der Waals surface area contributed by atoms with Crippen molar-refractivity contribution < 1.29 is 14.3 Å². The van der Waals surface area contributed by atoms with Crippen LogP contribution < -0.4 is 14.8 Å². The van der Waals surface area contributed by atoms with Crippen LogP contribution in [0, 0.1) is 6.92 Å². The zero-order valence-electron chi connectivity index (χ0n) is 14.6. The first kappa shape index (κ1) is 17.3. The fourth-order valence-electron chi connectivity index (χ4n) is 2.82. The molecule has 2 aromatic rings. The Morgan fingerprint density at radius 1 is 1.32 bits per heavy atom. The van der Waals surface area contributed by atoms with Gasteiger partial charge in [-0.3, -0.25) is 14.4 Å². The van der Waals surface area contributed by atoms with Gasteiger partial charge >= 0.3 is 0 Å². The van der Waals surface area contributed by atoms with Crippen molar-refractivity contribution in [2.24, 2.45) is 0 Å². The Hall–Kier alpha value is -2.54. The van der Waals surface area contributed by atoms with Gasteiger partial charge in [0.2, 0.25) is 5.91 Å². The zero-order valence-corrected chi connectivity index (χ0v) is 14.6. The maximum absolute atomic E-state index is 12.0. The minimum Gasteiger partial charge on any atom is -0.493 e. The first-order chi connectivity index (χ1) is 12.2. The molecule has 1 saturated heterocycles. The summed E-state index contributed by atoms with van der Waals surface area (Å²) in [6.45, 7) is 5.01. The van der Waals surface area contributed by atoms with Crippen LogP contribution in [0.2, 0.25) is 0 Å². The summed E-state index contributed by atoms with van der Waals surface area (Å²) in [4.78, 5) is 14.1. The minimum absolute atomic E-state index is 0.0127. The Balaban J connectivity index is 1.31. The number of hydrogen-bond acceptors (Lipinski definition) is 5. The van der Waals surface area contributed by atoms with Crippen LogP contribution in [0.25, 0.3) is 0 Å². The number of methoxy groups -OCH3 is 1. The second-order valence-corrected chi connectivity index (χ2v) is 6.19. The summed E-state index contributed by atoms with van der Waals surface area (Å²) in [5.74, 6) is 1.38. The van der Waals surface area contributed by atoms with Crippen molar-refractivity contribution >= 4 is 5.91 Å². The standard InChI is InChI=1S/C18H24N4O3/c1-14-9-20-22(10-14)15-11-21(12-15)13-18(23)19-7-8-25-17-6-4-3-5-16(17)24-2/h3-6,9-10,15H,7-8,11-13H2,1-2H3,(H,19,23). The molecule has 134 valence electrons. The molecule has 1 aromatic carbocycles. The van der Waals surface area contributed by atoms with E-state index in [1.165, 1.54) is 0 Å². The molecule has 0 aliphatic carbocycles. The SMILES string of the molecule is COc1ccccc1OCCNC(=O)CN1CC(n2cc(C)cn2)C1. The van der Waals surface area contributed by atoms with E-state index in [1.54, 1.807) is 7.11 Å². The second-order valence-electron chi connectivity index (χ2n) is 6.19. The van der Waals surface area contributed by atoms with E-state index in [0.717, 1.165) is 18.7 Å². The number of nitrogens with zero attached hydrogens (tertiary/aromatic N) is 3. The van der Waals surface area contributed by atoms with E-state index in [0.29, 0.717) is 37.2 Å². The summed E-state index contributed by atoms with van der Waals surface area (Å²) in [5.41, 5.74) is 1.16. The molecule has 0 radical (unpaired) electrons. The van der Waals surface area contributed by atoms with Crippen molar-refractivity contribution in [1.29, 1.82) is 0 Å². The van der Waals surface area contributed by atoms with E-state index in [1.807, 2.05) is 48.3 Å². The van der Waals surface area contributed by atoms with Crippen molar-refractivity contribution in [2.75, 3.05) is 39.9 Å². The lowest BCUT2D eigenvalue weighted by molar-refractivity contribution is -0.123. The van der Waals surface area contributed by atoms with Gasteiger partial charge in [0, 0.05) is 19.3 Å². The molecule has 25 heavy (non-hydrogen) atoms. The van der Waals surface area contributed by atoms with Gasteiger partial charge in [-0.1, -0.05) is 12.1 Å². The molecular formula is C18H24N4O3. The molecule has 1 aromatic heterocycles. The molecular weight excluding hydrogens is 320 g/mol. The molecule has 0 unspecified atom stereocenters. The fourth-order valence-corrected chi connectivity index (χ4v) is 2.82. The normalized spacial score (nSPS) is 14.8. The Morgan fingerprint density at radius 3 is 2.76 bits per heavy atom. The lowest BCUT2D eigenvalue weighted by Crippen LogP contribution is -2.51. The lowest BCUT2D eigenvalue weighted by Gasteiger charge is -2.38. The van der Waals surface area contributed by atoms with Crippen LogP contribution in [0.1, 0.15) is 11.6 Å². The number of ether oxygens (including phenoxy) is 2. The van der Waals surface area contributed by atoms with Crippen molar-refractivity contribution in [3.05, 3.63) is 42.2 Å². The van der Waals surface area contributed by atoms with E-state index >= 15 is 0 Å². The highest BCUT2D eigenvalue weighted by molar-refractivity contribution is 5.78. The molecule has 1 aliphatic heterocycles. The Morgan fingerprint density at radius 2 is 2.08 bits per heavy atom. The van der Waals surface area contributed by atoms with Gasteiger partial charge in [-0.15, -0.1) is 0 Å². The molecule has 7 heteroatoms. The van der Waals surface area contributed by atoms with Gasteiger partial charge < -0.3 is 14.8 Å². The van der Waals surface area contributed by atoms with Crippen LogP contribution in [-0.2, 0) is 4.79 Å². The molecule has 1 N–H and O–H groups in total. The van der Waals surface area contributed by atoms with E-state index in [-0.39, 0.29) is 5.91 Å². The third-order valence-electron chi connectivity index (χ3n) is 4.16. The molecule has 3 rings (SSSR count). The smallest absolute Gasteiger partial charge is 0.234 e. The summed E-state index contributed by atoms with van der Waals surface area (Å²) in [7, 11) is 1.61. The number of carbonyl (C=O) groups is 1. The molecule has 0 saturated carbocycles. The van der Waals surface area contributed by atoms with Gasteiger partial charge in [-0.05, 0) is 24.6 Å². The lowest BCUT2D eigenvalue weighted by atomic mass is 10.1. The van der Waals surface area contributed by atoms with Gasteiger partial charge in [0.05, 0.1) is 32.4 Å². The molecule has 1 amide bonds. The Kier molecular flexibility index (Phi) is 5.55. The van der Waals surface area contributed by atoms with E-state index < -0.39 is 0 Å². The first-order valence-electron chi connectivity index (χ1n) is 8.41. The maximum Gasteiger partial charge on any atom is 0.234 e. The summed E-state index contributed by atoms with van der Waals surface area (Å²) >= 11 is 0. The van der Waals surface area contributed by atoms with E-state index in [9.17, 15) is 4.79 Å². The Labute approximate surface area is 147 Å². The molecule has 0 bridgehead atoms. The molecule has 1 fully saturated rings. The number of nitrogens with one attached hydrogen (secondary N) is 1. The van der Waals surface area contributed by atoms with Gasteiger partial charge in [0.15, 0.2) is 11.5 Å². The van der Waals surface area contributed by atoms with Crippen molar-refractivity contribution in [2.45, 2.75) is 13.0 Å².